The number of rotatable bonds is 8. The first-order valence-corrected chi connectivity index (χ1v) is 7.44. The van der Waals surface area contributed by atoms with Crippen molar-refractivity contribution in [3.63, 3.8) is 0 Å². The Labute approximate surface area is 114 Å². The summed E-state index contributed by atoms with van der Waals surface area (Å²) < 4.78 is 23.9. The van der Waals surface area contributed by atoms with Crippen molar-refractivity contribution in [2.24, 2.45) is 0 Å². The molecule has 0 heterocycles. The minimum atomic E-state index is -3.65. The van der Waals surface area contributed by atoms with Gasteiger partial charge in [-0.25, -0.2) is 8.42 Å². The molecule has 0 bridgehead atoms. The minimum absolute atomic E-state index is 0.175. The lowest BCUT2D eigenvalue weighted by atomic mass is 10.2. The van der Waals surface area contributed by atoms with E-state index < -0.39 is 10.0 Å². The van der Waals surface area contributed by atoms with Crippen LogP contribution in [0.1, 0.15) is 18.4 Å². The van der Waals surface area contributed by atoms with Gasteiger partial charge in [-0.1, -0.05) is 34.7 Å². The fourth-order valence-corrected chi connectivity index (χ4v) is 2.31. The van der Waals surface area contributed by atoms with Crippen LogP contribution in [0.2, 0.25) is 0 Å². The molecule has 0 saturated carbocycles. The number of hydrogen-bond donors (Lipinski definition) is 1. The molecular formula is C14H19NO3S. The zero-order valence-electron chi connectivity index (χ0n) is 11.0. The van der Waals surface area contributed by atoms with Gasteiger partial charge in [0.1, 0.15) is 0 Å². The minimum Gasteiger partial charge on any atom is -0.283 e. The van der Waals surface area contributed by atoms with Gasteiger partial charge in [0.25, 0.3) is 10.0 Å². The summed E-state index contributed by atoms with van der Waals surface area (Å²) in [5.74, 6) is 0. The summed E-state index contributed by atoms with van der Waals surface area (Å²) in [6.45, 7) is 9.10. The molecule has 1 aromatic rings. The summed E-state index contributed by atoms with van der Waals surface area (Å²) in [7, 11) is -3.65. The maximum Gasteiger partial charge on any atom is 0.262 e. The SMILES string of the molecule is C=CCC(CC=C)ONS(=O)(=O)c1ccc(C)cc1. The second kappa shape index (κ2) is 7.23. The first-order valence-electron chi connectivity index (χ1n) is 5.95. The van der Waals surface area contributed by atoms with Gasteiger partial charge in [0, 0.05) is 0 Å². The third kappa shape index (κ3) is 4.98. The fraction of sp³-hybridized carbons (Fsp3) is 0.286. The van der Waals surface area contributed by atoms with Gasteiger partial charge in [-0.3, -0.25) is 4.84 Å². The van der Waals surface area contributed by atoms with Gasteiger partial charge in [0.15, 0.2) is 0 Å². The standard InChI is InChI=1S/C14H19NO3S/c1-4-6-13(7-5-2)18-15-19(16,17)14-10-8-12(3)9-11-14/h4-5,8-11,13,15H,1-2,6-7H2,3H3. The van der Waals surface area contributed by atoms with Crippen molar-refractivity contribution in [2.75, 3.05) is 0 Å². The average molecular weight is 281 g/mol. The molecule has 4 nitrogen and oxygen atoms in total. The molecule has 0 amide bonds. The van der Waals surface area contributed by atoms with Crippen LogP contribution < -0.4 is 4.89 Å². The topological polar surface area (TPSA) is 55.4 Å². The average Bonchev–Trinajstić information content (AvgIpc) is 2.37. The second-order valence-corrected chi connectivity index (χ2v) is 5.83. The van der Waals surface area contributed by atoms with E-state index in [0.717, 1.165) is 5.56 Å². The van der Waals surface area contributed by atoms with Crippen molar-refractivity contribution in [3.8, 4) is 0 Å². The van der Waals surface area contributed by atoms with Crippen LogP contribution in [0.15, 0.2) is 54.5 Å². The molecular weight excluding hydrogens is 262 g/mol. The predicted molar refractivity (Wildman–Crippen MR) is 76.0 cm³/mol. The Balaban J connectivity index is 2.71. The lowest BCUT2D eigenvalue weighted by Crippen LogP contribution is -2.29. The molecule has 0 aliphatic rings. The molecule has 0 spiro atoms. The highest BCUT2D eigenvalue weighted by molar-refractivity contribution is 7.89. The van der Waals surface area contributed by atoms with Crippen molar-refractivity contribution in [3.05, 3.63) is 55.1 Å². The molecule has 0 aliphatic carbocycles. The van der Waals surface area contributed by atoms with Crippen molar-refractivity contribution in [2.45, 2.75) is 30.8 Å². The van der Waals surface area contributed by atoms with E-state index >= 15 is 0 Å². The monoisotopic (exact) mass is 281 g/mol. The van der Waals surface area contributed by atoms with E-state index in [1.807, 2.05) is 6.92 Å². The first-order chi connectivity index (χ1) is 8.99. The molecule has 0 unspecified atom stereocenters. The quantitative estimate of drug-likeness (QED) is 0.589. The van der Waals surface area contributed by atoms with Gasteiger partial charge in [0.05, 0.1) is 11.0 Å². The molecule has 19 heavy (non-hydrogen) atoms. The second-order valence-electron chi connectivity index (χ2n) is 4.19. The third-order valence-corrected chi connectivity index (χ3v) is 3.72. The predicted octanol–water partition coefficient (Wildman–Crippen LogP) is 2.73. The van der Waals surface area contributed by atoms with Gasteiger partial charge in [-0.15, -0.1) is 13.2 Å². The van der Waals surface area contributed by atoms with Crippen LogP contribution >= 0.6 is 0 Å². The summed E-state index contributed by atoms with van der Waals surface area (Å²) in [5.41, 5.74) is 0.996. The van der Waals surface area contributed by atoms with Crippen LogP contribution in [-0.2, 0) is 14.9 Å². The van der Waals surface area contributed by atoms with E-state index in [1.165, 1.54) is 12.1 Å². The zero-order chi connectivity index (χ0) is 14.3. The Kier molecular flexibility index (Phi) is 5.95. The highest BCUT2D eigenvalue weighted by Gasteiger charge is 2.16. The van der Waals surface area contributed by atoms with E-state index in [9.17, 15) is 8.42 Å². The third-order valence-electron chi connectivity index (χ3n) is 2.51. The number of sulfonamides is 1. The molecule has 0 atom stereocenters. The molecule has 1 N–H and O–H groups in total. The van der Waals surface area contributed by atoms with Gasteiger partial charge in [-0.2, -0.15) is 0 Å². The lowest BCUT2D eigenvalue weighted by Gasteiger charge is -2.14. The summed E-state index contributed by atoms with van der Waals surface area (Å²) in [4.78, 5) is 7.51. The van der Waals surface area contributed by atoms with E-state index in [0.29, 0.717) is 12.8 Å². The fourth-order valence-electron chi connectivity index (χ4n) is 1.46. The van der Waals surface area contributed by atoms with Crippen molar-refractivity contribution in [1.82, 2.24) is 4.89 Å². The first kappa shape index (κ1) is 15.6. The maximum atomic E-state index is 12.0. The Morgan fingerprint density at radius 3 is 2.21 bits per heavy atom. The molecule has 0 radical (unpaired) electrons. The van der Waals surface area contributed by atoms with Crippen LogP contribution in [0, 0.1) is 6.92 Å². The van der Waals surface area contributed by atoms with E-state index in [-0.39, 0.29) is 11.0 Å². The molecule has 1 rings (SSSR count). The summed E-state index contributed by atoms with van der Waals surface area (Å²) in [5, 5.41) is 0. The van der Waals surface area contributed by atoms with E-state index in [4.69, 9.17) is 4.84 Å². The number of aryl methyl sites for hydroxylation is 1. The number of nitrogens with one attached hydrogen (secondary N) is 1. The largest absolute Gasteiger partial charge is 0.283 e. The smallest absolute Gasteiger partial charge is 0.262 e. The van der Waals surface area contributed by atoms with Gasteiger partial charge >= 0.3 is 0 Å². The van der Waals surface area contributed by atoms with E-state index in [1.54, 1.807) is 24.3 Å². The summed E-state index contributed by atoms with van der Waals surface area (Å²) in [6.07, 6.45) is 4.14. The van der Waals surface area contributed by atoms with Crippen LogP contribution in [0.5, 0.6) is 0 Å². The number of benzene rings is 1. The summed E-state index contributed by atoms with van der Waals surface area (Å²) in [6, 6.07) is 6.55. The van der Waals surface area contributed by atoms with Gasteiger partial charge < -0.3 is 0 Å². The molecule has 0 fully saturated rings. The van der Waals surface area contributed by atoms with Crippen molar-refractivity contribution < 1.29 is 13.3 Å². The maximum absolute atomic E-state index is 12.0. The highest BCUT2D eigenvalue weighted by atomic mass is 32.2. The molecule has 5 heteroatoms. The summed E-state index contributed by atoms with van der Waals surface area (Å²) >= 11 is 0. The molecule has 1 aromatic carbocycles. The highest BCUT2D eigenvalue weighted by Crippen LogP contribution is 2.11. The lowest BCUT2D eigenvalue weighted by molar-refractivity contribution is 0.0215. The zero-order valence-corrected chi connectivity index (χ0v) is 11.8. The Morgan fingerprint density at radius 2 is 1.74 bits per heavy atom. The van der Waals surface area contributed by atoms with Crippen molar-refractivity contribution in [1.29, 1.82) is 0 Å². The van der Waals surface area contributed by atoms with Crippen molar-refractivity contribution >= 4 is 10.0 Å². The molecule has 0 aromatic heterocycles. The number of hydrogen-bond acceptors (Lipinski definition) is 3. The van der Waals surface area contributed by atoms with Crippen LogP contribution in [0.4, 0.5) is 0 Å². The van der Waals surface area contributed by atoms with Crippen LogP contribution in [0.25, 0.3) is 0 Å². The van der Waals surface area contributed by atoms with Gasteiger partial charge in [-0.05, 0) is 31.9 Å². The molecule has 104 valence electrons. The Morgan fingerprint density at radius 1 is 1.21 bits per heavy atom. The normalized spacial score (nSPS) is 11.5. The molecule has 0 saturated heterocycles. The van der Waals surface area contributed by atoms with Crippen LogP contribution in [0.3, 0.4) is 0 Å². The van der Waals surface area contributed by atoms with Crippen LogP contribution in [-0.4, -0.2) is 14.5 Å². The Hall–Kier alpha value is -1.43. The van der Waals surface area contributed by atoms with E-state index in [2.05, 4.69) is 18.0 Å². The Bertz CT molecular complexity index is 510. The molecule has 0 aliphatic heterocycles. The van der Waals surface area contributed by atoms with Gasteiger partial charge in [0.2, 0.25) is 0 Å².